The Morgan fingerprint density at radius 3 is 2.39 bits per heavy atom. The van der Waals surface area contributed by atoms with Crippen LogP contribution < -0.4 is 10.5 Å². The fourth-order valence-corrected chi connectivity index (χ4v) is 4.44. The lowest BCUT2D eigenvalue weighted by molar-refractivity contribution is 0.0686. The van der Waals surface area contributed by atoms with Crippen molar-refractivity contribution in [1.82, 2.24) is 9.88 Å². The molecule has 7 heteroatoms. The fourth-order valence-electron chi connectivity index (χ4n) is 4.19. The minimum Gasteiger partial charge on any atom is -0.492 e. The Labute approximate surface area is 216 Å². The number of ketones is 1. The Morgan fingerprint density at radius 1 is 0.833 bits per heavy atom. The van der Waals surface area contributed by atoms with Crippen LogP contribution in [0.15, 0.2) is 95.5 Å². The number of H-pyrrole nitrogens is 1. The third-order valence-electron chi connectivity index (χ3n) is 6.07. The number of nitrogens with one attached hydrogen (secondary N) is 1. The number of anilines is 1. The van der Waals surface area contributed by atoms with Gasteiger partial charge in [-0.15, -0.1) is 0 Å². The first-order chi connectivity index (χ1) is 17.5. The van der Waals surface area contributed by atoms with Crippen molar-refractivity contribution < 1.29 is 14.3 Å². The lowest BCUT2D eigenvalue weighted by Gasteiger charge is -2.22. The molecule has 1 amide bonds. The number of aromatic amines is 1. The Balaban J connectivity index is 1.32. The molecule has 0 atom stereocenters. The molecule has 36 heavy (non-hydrogen) atoms. The number of aromatic nitrogens is 1. The van der Waals surface area contributed by atoms with E-state index in [2.05, 4.69) is 27.0 Å². The van der Waals surface area contributed by atoms with Gasteiger partial charge in [-0.05, 0) is 58.4 Å². The molecule has 180 valence electrons. The summed E-state index contributed by atoms with van der Waals surface area (Å²) in [5, 5.41) is 2.28. The van der Waals surface area contributed by atoms with Gasteiger partial charge in [0.25, 0.3) is 5.91 Å². The highest BCUT2D eigenvalue weighted by atomic mass is 79.9. The minimum atomic E-state index is -0.233. The molecule has 5 rings (SSSR count). The van der Waals surface area contributed by atoms with Crippen molar-refractivity contribution >= 4 is 55.1 Å². The lowest BCUT2D eigenvalue weighted by atomic mass is 10.1. The van der Waals surface area contributed by atoms with Crippen LogP contribution >= 0.6 is 15.9 Å². The molecule has 0 aliphatic rings. The van der Waals surface area contributed by atoms with Gasteiger partial charge in [-0.1, -0.05) is 42.5 Å². The number of rotatable bonds is 8. The molecule has 0 fully saturated rings. The van der Waals surface area contributed by atoms with Crippen molar-refractivity contribution in [1.29, 1.82) is 0 Å². The SMILES string of the molecule is Nc1cc(C(=O)CN(CCOc2ccc3c(c2)[nH]c2ccccc23)C(=O)c2ccccc2)ccc1Br. The molecular weight excluding hydrogens is 518 g/mol. The highest BCUT2D eigenvalue weighted by Crippen LogP contribution is 2.28. The van der Waals surface area contributed by atoms with Gasteiger partial charge in [-0.25, -0.2) is 0 Å². The quantitative estimate of drug-likeness (QED) is 0.184. The molecule has 0 radical (unpaired) electrons. The highest BCUT2D eigenvalue weighted by molar-refractivity contribution is 9.10. The fraction of sp³-hybridized carbons (Fsp3) is 0.103. The van der Waals surface area contributed by atoms with Crippen LogP contribution in [0, 0.1) is 0 Å². The van der Waals surface area contributed by atoms with E-state index in [4.69, 9.17) is 10.5 Å². The maximum atomic E-state index is 13.2. The number of ether oxygens (including phenoxy) is 1. The van der Waals surface area contributed by atoms with Gasteiger partial charge < -0.3 is 20.4 Å². The monoisotopic (exact) mass is 541 g/mol. The van der Waals surface area contributed by atoms with Crippen LogP contribution in [0.3, 0.4) is 0 Å². The number of fused-ring (bicyclic) bond motifs is 3. The molecule has 1 heterocycles. The van der Waals surface area contributed by atoms with Gasteiger partial charge in [0.15, 0.2) is 5.78 Å². The van der Waals surface area contributed by atoms with Crippen LogP contribution in [0.2, 0.25) is 0 Å². The zero-order chi connectivity index (χ0) is 25.1. The summed E-state index contributed by atoms with van der Waals surface area (Å²) in [5.41, 5.74) is 9.43. The second kappa shape index (κ2) is 10.3. The summed E-state index contributed by atoms with van der Waals surface area (Å²) in [7, 11) is 0. The number of nitrogens with two attached hydrogens (primary N) is 1. The normalized spacial score (nSPS) is 11.0. The minimum absolute atomic E-state index is 0.0841. The van der Waals surface area contributed by atoms with E-state index < -0.39 is 0 Å². The zero-order valence-electron chi connectivity index (χ0n) is 19.4. The molecule has 0 unspecified atom stereocenters. The van der Waals surface area contributed by atoms with Crippen LogP contribution in [0.5, 0.6) is 5.75 Å². The molecule has 1 aromatic heterocycles. The number of halogens is 1. The van der Waals surface area contributed by atoms with Crippen molar-refractivity contribution in [3.05, 3.63) is 107 Å². The number of nitrogens with zero attached hydrogens (tertiary/aromatic N) is 1. The summed E-state index contributed by atoms with van der Waals surface area (Å²) in [6.07, 6.45) is 0. The smallest absolute Gasteiger partial charge is 0.254 e. The summed E-state index contributed by atoms with van der Waals surface area (Å²) < 4.78 is 6.72. The molecule has 0 aliphatic heterocycles. The molecule has 0 bridgehead atoms. The largest absolute Gasteiger partial charge is 0.492 e. The Bertz CT molecular complexity index is 1560. The third kappa shape index (κ3) is 4.97. The standard InChI is InChI=1S/C29H24BrN3O3/c30-24-13-10-20(16-25(24)31)28(34)18-33(29(35)19-6-2-1-3-7-19)14-15-36-21-11-12-23-22-8-4-5-9-26(22)32-27(23)17-21/h1-13,16-17,32H,14-15,18,31H2. The van der Waals surface area contributed by atoms with Gasteiger partial charge in [-0.2, -0.15) is 0 Å². The number of amides is 1. The summed E-state index contributed by atoms with van der Waals surface area (Å²) in [4.78, 5) is 31.2. The number of carbonyl (C=O) groups is 2. The first-order valence-electron chi connectivity index (χ1n) is 11.6. The van der Waals surface area contributed by atoms with E-state index in [9.17, 15) is 9.59 Å². The number of hydrogen-bond donors (Lipinski definition) is 2. The summed E-state index contributed by atoms with van der Waals surface area (Å²) in [6, 6.07) is 28.0. The van der Waals surface area contributed by atoms with Gasteiger partial charge in [0, 0.05) is 43.6 Å². The lowest BCUT2D eigenvalue weighted by Crippen LogP contribution is -2.38. The van der Waals surface area contributed by atoms with E-state index in [-0.39, 0.29) is 31.4 Å². The average molecular weight is 542 g/mol. The molecule has 0 saturated heterocycles. The van der Waals surface area contributed by atoms with Gasteiger partial charge in [-0.3, -0.25) is 9.59 Å². The van der Waals surface area contributed by atoms with E-state index in [1.807, 2.05) is 42.5 Å². The Morgan fingerprint density at radius 2 is 1.58 bits per heavy atom. The van der Waals surface area contributed by atoms with E-state index in [1.165, 1.54) is 4.90 Å². The molecule has 0 spiro atoms. The maximum Gasteiger partial charge on any atom is 0.254 e. The second-order valence-electron chi connectivity index (χ2n) is 8.48. The second-order valence-corrected chi connectivity index (χ2v) is 9.33. The third-order valence-corrected chi connectivity index (χ3v) is 6.79. The van der Waals surface area contributed by atoms with E-state index >= 15 is 0 Å². The molecule has 4 aromatic carbocycles. The van der Waals surface area contributed by atoms with Crippen LogP contribution in [0.25, 0.3) is 21.8 Å². The van der Waals surface area contributed by atoms with Crippen molar-refractivity contribution in [2.45, 2.75) is 0 Å². The number of hydrogen-bond acceptors (Lipinski definition) is 4. The number of Topliss-reactive ketones (excluding diaryl/α,β-unsaturated/α-hetero) is 1. The van der Waals surface area contributed by atoms with Crippen LogP contribution in [0.1, 0.15) is 20.7 Å². The zero-order valence-corrected chi connectivity index (χ0v) is 21.0. The predicted molar refractivity (Wildman–Crippen MR) is 147 cm³/mol. The van der Waals surface area contributed by atoms with E-state index in [0.717, 1.165) is 26.3 Å². The molecule has 0 saturated carbocycles. The summed E-state index contributed by atoms with van der Waals surface area (Å²) >= 11 is 3.34. The van der Waals surface area contributed by atoms with Crippen molar-refractivity contribution in [3.63, 3.8) is 0 Å². The number of carbonyl (C=O) groups excluding carboxylic acids is 2. The number of para-hydroxylation sites is 1. The Hall–Kier alpha value is -4.10. The first kappa shape index (κ1) is 23.6. The van der Waals surface area contributed by atoms with Crippen molar-refractivity contribution in [2.75, 3.05) is 25.4 Å². The average Bonchev–Trinajstić information content (AvgIpc) is 3.27. The molecule has 5 aromatic rings. The van der Waals surface area contributed by atoms with E-state index in [0.29, 0.717) is 22.6 Å². The first-order valence-corrected chi connectivity index (χ1v) is 12.3. The number of nitrogen functional groups attached to an aromatic ring is 1. The van der Waals surface area contributed by atoms with Gasteiger partial charge in [0.05, 0.1) is 18.6 Å². The van der Waals surface area contributed by atoms with E-state index in [1.54, 1.807) is 42.5 Å². The van der Waals surface area contributed by atoms with Gasteiger partial charge >= 0.3 is 0 Å². The van der Waals surface area contributed by atoms with Crippen molar-refractivity contribution in [3.8, 4) is 5.75 Å². The molecule has 6 nitrogen and oxygen atoms in total. The van der Waals surface area contributed by atoms with Gasteiger partial charge in [0.1, 0.15) is 12.4 Å². The van der Waals surface area contributed by atoms with Crippen LogP contribution in [0.4, 0.5) is 5.69 Å². The van der Waals surface area contributed by atoms with Gasteiger partial charge in [0.2, 0.25) is 0 Å². The van der Waals surface area contributed by atoms with Crippen LogP contribution in [-0.2, 0) is 0 Å². The molecule has 3 N–H and O–H groups in total. The summed E-state index contributed by atoms with van der Waals surface area (Å²) in [6.45, 7) is 0.398. The van der Waals surface area contributed by atoms with Crippen LogP contribution in [-0.4, -0.2) is 41.3 Å². The Kier molecular flexibility index (Phi) is 6.73. The summed E-state index contributed by atoms with van der Waals surface area (Å²) in [5.74, 6) is 0.259. The molecule has 0 aliphatic carbocycles. The predicted octanol–water partition coefficient (Wildman–Crippen LogP) is 6.07. The molecular formula is C29H24BrN3O3. The number of benzene rings is 4. The maximum absolute atomic E-state index is 13.2. The highest BCUT2D eigenvalue weighted by Gasteiger charge is 2.20. The topological polar surface area (TPSA) is 88.4 Å². The van der Waals surface area contributed by atoms with Crippen molar-refractivity contribution in [2.24, 2.45) is 0 Å².